The number of methoxy groups -OCH3 is 1. The number of nitrogens with zero attached hydrogens (tertiary/aromatic N) is 2. The molecule has 2 aromatic rings. The van der Waals surface area contributed by atoms with Gasteiger partial charge in [0.25, 0.3) is 5.91 Å². The van der Waals surface area contributed by atoms with E-state index in [-0.39, 0.29) is 37.2 Å². The van der Waals surface area contributed by atoms with Crippen molar-refractivity contribution < 1.29 is 17.9 Å². The lowest BCUT2D eigenvalue weighted by atomic mass is 10.1. The number of amides is 1. The molecule has 8 nitrogen and oxygen atoms in total. The molecule has 0 bridgehead atoms. The second-order valence-corrected chi connectivity index (χ2v) is 7.88. The Bertz CT molecular complexity index is 975. The van der Waals surface area contributed by atoms with E-state index in [2.05, 4.69) is 4.98 Å². The SMILES string of the molecule is COc1ccc2[nH]cc(C(=O)N3CCN(S(C)(=O)=O)CC3)c(=O)c2c1. The van der Waals surface area contributed by atoms with Crippen LogP contribution in [0.3, 0.4) is 0 Å². The fourth-order valence-corrected chi connectivity index (χ4v) is 3.70. The number of hydrogen-bond donors (Lipinski definition) is 1. The van der Waals surface area contributed by atoms with Crippen LogP contribution >= 0.6 is 0 Å². The minimum atomic E-state index is -3.27. The number of fused-ring (bicyclic) bond motifs is 1. The summed E-state index contributed by atoms with van der Waals surface area (Å²) in [6, 6.07) is 5.03. The van der Waals surface area contributed by atoms with Crippen molar-refractivity contribution in [2.75, 3.05) is 39.5 Å². The van der Waals surface area contributed by atoms with E-state index in [0.29, 0.717) is 16.7 Å². The van der Waals surface area contributed by atoms with Crippen LogP contribution in [0.15, 0.2) is 29.2 Å². The van der Waals surface area contributed by atoms with E-state index >= 15 is 0 Å². The number of benzene rings is 1. The van der Waals surface area contributed by atoms with Crippen molar-refractivity contribution in [2.45, 2.75) is 0 Å². The number of ether oxygens (including phenoxy) is 1. The number of aromatic amines is 1. The normalized spacial score (nSPS) is 16.2. The Balaban J connectivity index is 1.88. The highest BCUT2D eigenvalue weighted by atomic mass is 32.2. The molecule has 1 aromatic heterocycles. The van der Waals surface area contributed by atoms with Gasteiger partial charge in [-0.15, -0.1) is 0 Å². The second kappa shape index (κ2) is 6.49. The summed E-state index contributed by atoms with van der Waals surface area (Å²) in [5.41, 5.74) is 0.279. The lowest BCUT2D eigenvalue weighted by Gasteiger charge is -2.33. The predicted molar refractivity (Wildman–Crippen MR) is 93.4 cm³/mol. The molecule has 2 heterocycles. The van der Waals surface area contributed by atoms with Crippen LogP contribution in [0.2, 0.25) is 0 Å². The van der Waals surface area contributed by atoms with E-state index in [1.165, 1.54) is 22.5 Å². The zero-order chi connectivity index (χ0) is 18.2. The molecule has 25 heavy (non-hydrogen) atoms. The smallest absolute Gasteiger partial charge is 0.259 e. The Kier molecular flexibility index (Phi) is 4.53. The van der Waals surface area contributed by atoms with Crippen LogP contribution in [0.1, 0.15) is 10.4 Å². The number of carbonyl (C=O) groups excluding carboxylic acids is 1. The minimum Gasteiger partial charge on any atom is -0.497 e. The maximum atomic E-state index is 12.7. The fourth-order valence-electron chi connectivity index (χ4n) is 2.88. The minimum absolute atomic E-state index is 0.0357. The van der Waals surface area contributed by atoms with Gasteiger partial charge in [0.2, 0.25) is 15.5 Å². The third kappa shape index (κ3) is 3.38. The van der Waals surface area contributed by atoms with E-state index in [0.717, 1.165) is 6.26 Å². The number of aromatic nitrogens is 1. The molecule has 0 aliphatic carbocycles. The summed E-state index contributed by atoms with van der Waals surface area (Å²) in [7, 11) is -1.77. The molecule has 1 aromatic carbocycles. The molecule has 0 radical (unpaired) electrons. The van der Waals surface area contributed by atoms with E-state index in [1.54, 1.807) is 18.2 Å². The van der Waals surface area contributed by atoms with Crippen molar-refractivity contribution in [1.82, 2.24) is 14.2 Å². The molecule has 1 amide bonds. The zero-order valence-corrected chi connectivity index (χ0v) is 14.8. The molecule has 1 saturated heterocycles. The maximum absolute atomic E-state index is 12.7. The summed E-state index contributed by atoms with van der Waals surface area (Å²) in [5.74, 6) is 0.128. The molecular weight excluding hydrogens is 346 g/mol. The third-order valence-electron chi connectivity index (χ3n) is 4.31. The molecule has 0 unspecified atom stereocenters. The van der Waals surface area contributed by atoms with Crippen LogP contribution in [-0.4, -0.2) is 68.1 Å². The average molecular weight is 365 g/mol. The standard InChI is InChI=1S/C16H19N3O5S/c1-24-11-3-4-14-12(9-11)15(20)13(10-17-14)16(21)18-5-7-19(8-6-18)25(2,22)23/h3-4,9-10H,5-8H2,1-2H3,(H,17,20). The highest BCUT2D eigenvalue weighted by molar-refractivity contribution is 7.88. The maximum Gasteiger partial charge on any atom is 0.259 e. The van der Waals surface area contributed by atoms with E-state index in [4.69, 9.17) is 4.74 Å². The highest BCUT2D eigenvalue weighted by Crippen LogP contribution is 2.17. The summed E-state index contributed by atoms with van der Waals surface area (Å²) in [4.78, 5) is 29.8. The van der Waals surface area contributed by atoms with Gasteiger partial charge >= 0.3 is 0 Å². The number of H-pyrrole nitrogens is 1. The van der Waals surface area contributed by atoms with Gasteiger partial charge in [-0.2, -0.15) is 4.31 Å². The first kappa shape index (κ1) is 17.4. The fraction of sp³-hybridized carbons (Fsp3) is 0.375. The van der Waals surface area contributed by atoms with Crippen LogP contribution in [-0.2, 0) is 10.0 Å². The highest BCUT2D eigenvalue weighted by Gasteiger charge is 2.28. The number of hydrogen-bond acceptors (Lipinski definition) is 5. The lowest BCUT2D eigenvalue weighted by molar-refractivity contribution is 0.0697. The van der Waals surface area contributed by atoms with Gasteiger partial charge < -0.3 is 14.6 Å². The number of carbonyl (C=O) groups is 1. The molecule has 0 spiro atoms. The van der Waals surface area contributed by atoms with Gasteiger partial charge in [0.05, 0.1) is 13.4 Å². The van der Waals surface area contributed by atoms with E-state index in [9.17, 15) is 18.0 Å². The van der Waals surface area contributed by atoms with Crippen molar-refractivity contribution in [3.8, 4) is 5.75 Å². The molecule has 134 valence electrons. The molecule has 0 saturated carbocycles. The lowest BCUT2D eigenvalue weighted by Crippen LogP contribution is -2.50. The van der Waals surface area contributed by atoms with Gasteiger partial charge in [-0.05, 0) is 18.2 Å². The van der Waals surface area contributed by atoms with Crippen LogP contribution in [0.4, 0.5) is 0 Å². The largest absolute Gasteiger partial charge is 0.497 e. The summed E-state index contributed by atoms with van der Waals surface area (Å²) in [6.45, 7) is 0.955. The first-order valence-corrected chi connectivity index (χ1v) is 9.60. The van der Waals surface area contributed by atoms with Gasteiger partial charge in [0.15, 0.2) is 0 Å². The summed E-state index contributed by atoms with van der Waals surface area (Å²) < 4.78 is 29.6. The van der Waals surface area contributed by atoms with Crippen LogP contribution in [0.5, 0.6) is 5.75 Å². The molecule has 1 N–H and O–H groups in total. The van der Waals surface area contributed by atoms with Crippen molar-refractivity contribution in [1.29, 1.82) is 0 Å². The molecule has 1 fully saturated rings. The zero-order valence-electron chi connectivity index (χ0n) is 14.0. The van der Waals surface area contributed by atoms with Crippen LogP contribution in [0, 0.1) is 0 Å². The predicted octanol–water partition coefficient (Wildman–Crippen LogP) is 0.254. The third-order valence-corrected chi connectivity index (χ3v) is 5.62. The molecule has 9 heteroatoms. The first-order chi connectivity index (χ1) is 11.8. The van der Waals surface area contributed by atoms with E-state index < -0.39 is 15.9 Å². The summed E-state index contributed by atoms with van der Waals surface area (Å²) in [6.07, 6.45) is 2.55. The number of pyridine rings is 1. The molecule has 1 aliphatic rings. The Morgan fingerprint density at radius 2 is 1.88 bits per heavy atom. The molecule has 3 rings (SSSR count). The Morgan fingerprint density at radius 1 is 1.20 bits per heavy atom. The number of sulfonamides is 1. The Morgan fingerprint density at radius 3 is 2.48 bits per heavy atom. The van der Waals surface area contributed by atoms with Crippen molar-refractivity contribution in [3.63, 3.8) is 0 Å². The van der Waals surface area contributed by atoms with Crippen LogP contribution < -0.4 is 10.2 Å². The van der Waals surface area contributed by atoms with Gasteiger partial charge in [0.1, 0.15) is 11.3 Å². The van der Waals surface area contributed by atoms with Gasteiger partial charge in [0, 0.05) is 43.3 Å². The second-order valence-electron chi connectivity index (χ2n) is 5.90. The summed E-state index contributed by atoms with van der Waals surface area (Å²) in [5, 5.41) is 0.375. The van der Waals surface area contributed by atoms with Gasteiger partial charge in [-0.1, -0.05) is 0 Å². The molecular formula is C16H19N3O5S. The quantitative estimate of drug-likeness (QED) is 0.841. The molecule has 1 aliphatic heterocycles. The van der Waals surface area contributed by atoms with Crippen molar-refractivity contribution >= 4 is 26.8 Å². The first-order valence-electron chi connectivity index (χ1n) is 7.75. The van der Waals surface area contributed by atoms with Crippen molar-refractivity contribution in [2.24, 2.45) is 0 Å². The topological polar surface area (TPSA) is 99.8 Å². The number of nitrogens with one attached hydrogen (secondary N) is 1. The van der Waals surface area contributed by atoms with Crippen LogP contribution in [0.25, 0.3) is 10.9 Å². The molecule has 0 atom stereocenters. The number of piperazine rings is 1. The van der Waals surface area contributed by atoms with Gasteiger partial charge in [-0.3, -0.25) is 9.59 Å². The summed E-state index contributed by atoms with van der Waals surface area (Å²) >= 11 is 0. The number of rotatable bonds is 3. The van der Waals surface area contributed by atoms with E-state index in [1.807, 2.05) is 0 Å². The Hall–Kier alpha value is -2.39. The Labute approximate surface area is 145 Å². The van der Waals surface area contributed by atoms with Gasteiger partial charge in [-0.25, -0.2) is 8.42 Å². The monoisotopic (exact) mass is 365 g/mol. The average Bonchev–Trinajstić information content (AvgIpc) is 2.60. The van der Waals surface area contributed by atoms with Crippen molar-refractivity contribution in [3.05, 3.63) is 40.2 Å².